The van der Waals surface area contributed by atoms with Crippen molar-refractivity contribution in [3.05, 3.63) is 24.0 Å². The molecule has 3 heterocycles. The predicted octanol–water partition coefficient (Wildman–Crippen LogP) is 2.39. The Hall–Kier alpha value is -2.51. The van der Waals surface area contributed by atoms with E-state index in [0.717, 1.165) is 25.8 Å². The largest absolute Gasteiger partial charge is 0.444 e. The number of likely N-dealkylation sites (tertiary alicyclic amines) is 2. The van der Waals surface area contributed by atoms with E-state index in [1.54, 1.807) is 0 Å². The molecule has 8 nitrogen and oxygen atoms in total. The van der Waals surface area contributed by atoms with Crippen molar-refractivity contribution >= 4 is 17.9 Å². The summed E-state index contributed by atoms with van der Waals surface area (Å²) in [5.74, 6) is 0.109. The number of ether oxygens (including phenoxy) is 1. The van der Waals surface area contributed by atoms with Crippen molar-refractivity contribution in [2.45, 2.75) is 58.1 Å². The zero-order valence-corrected chi connectivity index (χ0v) is 18.5. The van der Waals surface area contributed by atoms with Gasteiger partial charge in [-0.1, -0.05) is 0 Å². The Morgan fingerprint density at radius 3 is 2.57 bits per heavy atom. The van der Waals surface area contributed by atoms with E-state index in [9.17, 15) is 14.4 Å². The number of nitrogens with zero attached hydrogens (tertiary/aromatic N) is 3. The first-order valence-electron chi connectivity index (χ1n) is 10.8. The number of hydrogen-bond acceptors (Lipinski definition) is 4. The predicted molar refractivity (Wildman–Crippen MR) is 113 cm³/mol. The minimum absolute atomic E-state index is 0.0328. The van der Waals surface area contributed by atoms with Crippen LogP contribution in [0.25, 0.3) is 0 Å². The number of aromatic nitrogens is 1. The molecular weight excluding hydrogens is 384 g/mol. The summed E-state index contributed by atoms with van der Waals surface area (Å²) in [7, 11) is 1.87. The molecule has 0 saturated carbocycles. The number of carbonyl (C=O) groups excluding carboxylic acids is 3. The van der Waals surface area contributed by atoms with Gasteiger partial charge in [0.2, 0.25) is 5.91 Å². The van der Waals surface area contributed by atoms with Crippen LogP contribution in [0.15, 0.2) is 18.3 Å². The summed E-state index contributed by atoms with van der Waals surface area (Å²) >= 11 is 0. The number of carbonyl (C=O) groups is 3. The second-order valence-electron chi connectivity index (χ2n) is 9.34. The Balaban J connectivity index is 1.52. The van der Waals surface area contributed by atoms with Crippen LogP contribution in [-0.2, 0) is 16.6 Å². The Bertz CT molecular complexity index is 782. The molecule has 8 heteroatoms. The SMILES string of the molecule is Cn1cccc1C(=O)N1CCC[C@H](CNC(=O)[C@H]2CCCN2C(=O)OC(C)(C)C)C1. The summed E-state index contributed by atoms with van der Waals surface area (Å²) in [6.45, 7) is 7.88. The summed E-state index contributed by atoms with van der Waals surface area (Å²) < 4.78 is 7.28. The third-order valence-corrected chi connectivity index (χ3v) is 5.72. The first-order chi connectivity index (χ1) is 14.2. The molecule has 30 heavy (non-hydrogen) atoms. The third kappa shape index (κ3) is 5.34. The number of nitrogens with one attached hydrogen (secondary N) is 1. The van der Waals surface area contributed by atoms with Gasteiger partial charge < -0.3 is 19.5 Å². The summed E-state index contributed by atoms with van der Waals surface area (Å²) in [5, 5.41) is 3.02. The molecular formula is C22H34N4O4. The molecule has 0 unspecified atom stereocenters. The van der Waals surface area contributed by atoms with Gasteiger partial charge in [-0.2, -0.15) is 0 Å². The van der Waals surface area contributed by atoms with Crippen LogP contribution in [0.4, 0.5) is 4.79 Å². The summed E-state index contributed by atoms with van der Waals surface area (Å²) in [5.41, 5.74) is 0.0931. The highest BCUT2D eigenvalue weighted by Gasteiger charge is 2.37. The number of hydrogen-bond donors (Lipinski definition) is 1. The number of rotatable bonds is 4. The molecule has 1 aromatic rings. The fourth-order valence-electron chi connectivity index (χ4n) is 4.20. The van der Waals surface area contributed by atoms with Gasteiger partial charge in [0.05, 0.1) is 0 Å². The zero-order valence-electron chi connectivity index (χ0n) is 18.5. The normalized spacial score (nSPS) is 22.1. The second-order valence-corrected chi connectivity index (χ2v) is 9.34. The summed E-state index contributed by atoms with van der Waals surface area (Å²) in [6.07, 6.45) is 4.76. The van der Waals surface area contributed by atoms with Crippen molar-refractivity contribution in [1.29, 1.82) is 0 Å². The highest BCUT2D eigenvalue weighted by molar-refractivity contribution is 5.92. The highest BCUT2D eigenvalue weighted by atomic mass is 16.6. The molecule has 2 atom stereocenters. The van der Waals surface area contributed by atoms with Gasteiger partial charge in [-0.05, 0) is 64.5 Å². The minimum atomic E-state index is -0.586. The lowest BCUT2D eigenvalue weighted by Crippen LogP contribution is -2.50. The minimum Gasteiger partial charge on any atom is -0.444 e. The van der Waals surface area contributed by atoms with E-state index in [4.69, 9.17) is 4.74 Å². The van der Waals surface area contributed by atoms with Gasteiger partial charge in [0.1, 0.15) is 17.3 Å². The summed E-state index contributed by atoms with van der Waals surface area (Å²) in [4.78, 5) is 41.4. The smallest absolute Gasteiger partial charge is 0.410 e. The molecule has 2 aliphatic rings. The molecule has 3 amide bonds. The van der Waals surface area contributed by atoms with Crippen molar-refractivity contribution in [3.8, 4) is 0 Å². The van der Waals surface area contributed by atoms with E-state index in [-0.39, 0.29) is 17.7 Å². The average Bonchev–Trinajstić information content (AvgIpc) is 3.33. The molecule has 0 radical (unpaired) electrons. The quantitative estimate of drug-likeness (QED) is 0.814. The molecule has 0 aliphatic carbocycles. The van der Waals surface area contributed by atoms with E-state index in [2.05, 4.69) is 5.32 Å². The van der Waals surface area contributed by atoms with Crippen molar-refractivity contribution < 1.29 is 19.1 Å². The topological polar surface area (TPSA) is 83.9 Å². The van der Waals surface area contributed by atoms with Crippen LogP contribution in [0.1, 0.15) is 56.9 Å². The van der Waals surface area contributed by atoms with Gasteiger partial charge in [-0.15, -0.1) is 0 Å². The van der Waals surface area contributed by atoms with Gasteiger partial charge in [-0.3, -0.25) is 14.5 Å². The Morgan fingerprint density at radius 2 is 1.90 bits per heavy atom. The Kier molecular flexibility index (Phi) is 6.73. The second kappa shape index (κ2) is 9.10. The molecule has 0 spiro atoms. The van der Waals surface area contributed by atoms with Gasteiger partial charge in [-0.25, -0.2) is 4.79 Å². The number of amides is 3. The van der Waals surface area contributed by atoms with E-state index in [0.29, 0.717) is 31.7 Å². The lowest BCUT2D eigenvalue weighted by molar-refractivity contribution is -0.125. The van der Waals surface area contributed by atoms with Crippen molar-refractivity contribution in [2.75, 3.05) is 26.2 Å². The van der Waals surface area contributed by atoms with E-state index in [1.165, 1.54) is 4.90 Å². The average molecular weight is 419 g/mol. The summed E-state index contributed by atoms with van der Waals surface area (Å²) in [6, 6.07) is 3.22. The first-order valence-corrected chi connectivity index (χ1v) is 10.8. The van der Waals surface area contributed by atoms with Crippen molar-refractivity contribution in [1.82, 2.24) is 19.7 Å². The van der Waals surface area contributed by atoms with E-state index < -0.39 is 17.7 Å². The van der Waals surface area contributed by atoms with Gasteiger partial charge in [0, 0.05) is 39.4 Å². The van der Waals surface area contributed by atoms with Crippen LogP contribution >= 0.6 is 0 Å². The fourth-order valence-corrected chi connectivity index (χ4v) is 4.20. The van der Waals surface area contributed by atoms with Crippen LogP contribution in [0.5, 0.6) is 0 Å². The monoisotopic (exact) mass is 418 g/mol. The molecule has 1 N–H and O–H groups in total. The molecule has 2 saturated heterocycles. The van der Waals surface area contributed by atoms with Crippen LogP contribution in [0.2, 0.25) is 0 Å². The maximum Gasteiger partial charge on any atom is 0.410 e. The maximum atomic E-state index is 12.8. The molecule has 1 aromatic heterocycles. The molecule has 0 bridgehead atoms. The molecule has 2 aliphatic heterocycles. The van der Waals surface area contributed by atoms with E-state index in [1.807, 2.05) is 55.6 Å². The first kappa shape index (κ1) is 22.2. The lowest BCUT2D eigenvalue weighted by atomic mass is 9.97. The van der Waals surface area contributed by atoms with Gasteiger partial charge in [0.25, 0.3) is 5.91 Å². The molecule has 2 fully saturated rings. The van der Waals surface area contributed by atoms with Gasteiger partial charge >= 0.3 is 6.09 Å². The molecule has 0 aromatic carbocycles. The van der Waals surface area contributed by atoms with Crippen LogP contribution in [-0.4, -0.2) is 70.1 Å². The van der Waals surface area contributed by atoms with Crippen molar-refractivity contribution in [2.24, 2.45) is 13.0 Å². The Labute approximate surface area is 178 Å². The van der Waals surface area contributed by atoms with Crippen molar-refractivity contribution in [3.63, 3.8) is 0 Å². The van der Waals surface area contributed by atoms with Gasteiger partial charge in [0.15, 0.2) is 0 Å². The lowest BCUT2D eigenvalue weighted by Gasteiger charge is -2.33. The molecule has 166 valence electrons. The standard InChI is InChI=1S/C22H34N4O4/c1-22(2,3)30-21(29)26-13-7-9-17(26)19(27)23-14-16-8-5-12-25(15-16)20(28)18-10-6-11-24(18)4/h6,10-11,16-17H,5,7-9,12-15H2,1-4H3,(H,23,27)/t16-,17-/m1/s1. The third-order valence-electron chi connectivity index (χ3n) is 5.72. The number of piperidine rings is 1. The fraction of sp³-hybridized carbons (Fsp3) is 0.682. The Morgan fingerprint density at radius 1 is 1.17 bits per heavy atom. The van der Waals surface area contributed by atoms with Crippen LogP contribution in [0, 0.1) is 5.92 Å². The van der Waals surface area contributed by atoms with Crippen LogP contribution < -0.4 is 5.32 Å². The highest BCUT2D eigenvalue weighted by Crippen LogP contribution is 2.22. The maximum absolute atomic E-state index is 12.8. The zero-order chi connectivity index (χ0) is 21.9. The molecule has 3 rings (SSSR count). The van der Waals surface area contributed by atoms with Crippen LogP contribution in [0.3, 0.4) is 0 Å². The van der Waals surface area contributed by atoms with E-state index >= 15 is 0 Å². The number of aryl methyl sites for hydroxylation is 1.